The van der Waals surface area contributed by atoms with Gasteiger partial charge in [0.15, 0.2) is 0 Å². The van der Waals surface area contributed by atoms with E-state index in [0.717, 1.165) is 17.4 Å². The third kappa shape index (κ3) is 2.52. The largest absolute Gasteiger partial charge is 0.351 e. The summed E-state index contributed by atoms with van der Waals surface area (Å²) in [6, 6.07) is 0.534. The Balaban J connectivity index is 2.00. The van der Waals surface area contributed by atoms with Crippen LogP contribution < -0.4 is 5.32 Å². The molecule has 1 aromatic heterocycles. The Labute approximate surface area is 97.7 Å². The van der Waals surface area contributed by atoms with E-state index in [1.165, 1.54) is 19.3 Å². The van der Waals surface area contributed by atoms with E-state index < -0.39 is 0 Å². The summed E-state index contributed by atoms with van der Waals surface area (Å²) in [6.45, 7) is 6.68. The highest BCUT2D eigenvalue weighted by molar-refractivity contribution is 5.26. The molecule has 0 saturated heterocycles. The zero-order valence-electron chi connectivity index (χ0n) is 10.4. The van der Waals surface area contributed by atoms with Gasteiger partial charge >= 0.3 is 0 Å². The number of nitrogens with zero attached hydrogens (tertiary/aromatic N) is 2. The van der Waals surface area contributed by atoms with E-state index in [1.54, 1.807) is 0 Å². The number of anilines is 1. The molecule has 2 rings (SSSR count). The standard InChI is InChI=1S/C13H21N3/c1-9-7-14-13(15-8-9)16-12-6-4-5-10(2)11(12)3/h7-8,10-12H,4-6H2,1-3H3,(H,14,15,16). The highest BCUT2D eigenvalue weighted by atomic mass is 15.1. The topological polar surface area (TPSA) is 37.8 Å². The van der Waals surface area contributed by atoms with Crippen LogP contribution in [0.4, 0.5) is 5.95 Å². The van der Waals surface area contributed by atoms with Crippen molar-refractivity contribution in [1.82, 2.24) is 9.97 Å². The van der Waals surface area contributed by atoms with Gasteiger partial charge in [-0.15, -0.1) is 0 Å². The molecule has 0 aliphatic heterocycles. The Bertz CT molecular complexity index is 334. The molecule has 1 fully saturated rings. The predicted molar refractivity (Wildman–Crippen MR) is 66.4 cm³/mol. The lowest BCUT2D eigenvalue weighted by molar-refractivity contribution is 0.252. The van der Waals surface area contributed by atoms with Gasteiger partial charge in [-0.05, 0) is 30.7 Å². The monoisotopic (exact) mass is 219 g/mol. The Morgan fingerprint density at radius 3 is 2.56 bits per heavy atom. The number of aryl methyl sites for hydroxylation is 1. The number of hydrogen-bond acceptors (Lipinski definition) is 3. The third-order valence-electron chi connectivity index (χ3n) is 3.80. The molecule has 3 atom stereocenters. The van der Waals surface area contributed by atoms with Gasteiger partial charge in [0, 0.05) is 18.4 Å². The third-order valence-corrected chi connectivity index (χ3v) is 3.80. The van der Waals surface area contributed by atoms with Gasteiger partial charge in [-0.25, -0.2) is 9.97 Å². The zero-order valence-corrected chi connectivity index (χ0v) is 10.4. The molecule has 0 spiro atoms. The summed E-state index contributed by atoms with van der Waals surface area (Å²) in [5, 5.41) is 3.47. The van der Waals surface area contributed by atoms with Crippen LogP contribution >= 0.6 is 0 Å². The normalized spacial score (nSPS) is 30.1. The van der Waals surface area contributed by atoms with Crippen LogP contribution in [-0.2, 0) is 0 Å². The summed E-state index contributed by atoms with van der Waals surface area (Å²) >= 11 is 0. The number of aromatic nitrogens is 2. The van der Waals surface area contributed by atoms with Crippen LogP contribution in [0.15, 0.2) is 12.4 Å². The second-order valence-corrected chi connectivity index (χ2v) is 5.10. The maximum atomic E-state index is 4.31. The average molecular weight is 219 g/mol. The summed E-state index contributed by atoms with van der Waals surface area (Å²) in [4.78, 5) is 8.62. The first-order valence-corrected chi connectivity index (χ1v) is 6.22. The summed E-state index contributed by atoms with van der Waals surface area (Å²) in [7, 11) is 0. The van der Waals surface area contributed by atoms with E-state index in [9.17, 15) is 0 Å². The minimum absolute atomic E-state index is 0.534. The molecule has 0 aromatic carbocycles. The average Bonchev–Trinajstić information content (AvgIpc) is 2.28. The second kappa shape index (κ2) is 4.81. The Kier molecular flexibility index (Phi) is 3.42. The molecule has 1 aliphatic carbocycles. The minimum atomic E-state index is 0.534. The first-order valence-electron chi connectivity index (χ1n) is 6.22. The number of rotatable bonds is 2. The van der Waals surface area contributed by atoms with Crippen molar-refractivity contribution < 1.29 is 0 Å². The van der Waals surface area contributed by atoms with Crippen LogP contribution in [0.2, 0.25) is 0 Å². The van der Waals surface area contributed by atoms with Gasteiger partial charge in [0.05, 0.1) is 0 Å². The molecule has 1 aliphatic rings. The maximum absolute atomic E-state index is 4.31. The molecule has 3 unspecified atom stereocenters. The molecule has 0 amide bonds. The fourth-order valence-electron chi connectivity index (χ4n) is 2.42. The van der Waals surface area contributed by atoms with Crippen molar-refractivity contribution in [2.75, 3.05) is 5.32 Å². The van der Waals surface area contributed by atoms with Crippen LogP contribution in [0.3, 0.4) is 0 Å². The van der Waals surface area contributed by atoms with Crippen LogP contribution in [0, 0.1) is 18.8 Å². The SMILES string of the molecule is Cc1cnc(NC2CCCC(C)C2C)nc1. The van der Waals surface area contributed by atoms with Gasteiger partial charge in [-0.1, -0.05) is 26.7 Å². The molecule has 1 heterocycles. The Morgan fingerprint density at radius 2 is 1.88 bits per heavy atom. The van der Waals surface area contributed by atoms with Crippen molar-refractivity contribution in [1.29, 1.82) is 0 Å². The molecule has 1 saturated carbocycles. The van der Waals surface area contributed by atoms with Gasteiger partial charge in [0.2, 0.25) is 5.95 Å². The van der Waals surface area contributed by atoms with Crippen LogP contribution in [0.5, 0.6) is 0 Å². The van der Waals surface area contributed by atoms with E-state index in [4.69, 9.17) is 0 Å². The van der Waals surface area contributed by atoms with Gasteiger partial charge < -0.3 is 5.32 Å². The molecule has 0 radical (unpaired) electrons. The summed E-state index contributed by atoms with van der Waals surface area (Å²) in [5.74, 6) is 2.28. The number of hydrogen-bond donors (Lipinski definition) is 1. The van der Waals surface area contributed by atoms with E-state index in [2.05, 4.69) is 29.1 Å². The van der Waals surface area contributed by atoms with Gasteiger partial charge in [-0.3, -0.25) is 0 Å². The summed E-state index contributed by atoms with van der Waals surface area (Å²) in [6.07, 6.45) is 7.64. The summed E-state index contributed by atoms with van der Waals surface area (Å²) < 4.78 is 0. The first kappa shape index (κ1) is 11.4. The zero-order chi connectivity index (χ0) is 11.5. The van der Waals surface area contributed by atoms with Crippen molar-refractivity contribution >= 4 is 5.95 Å². The second-order valence-electron chi connectivity index (χ2n) is 5.10. The lowest BCUT2D eigenvalue weighted by Crippen LogP contribution is -2.35. The van der Waals surface area contributed by atoms with Gasteiger partial charge in [-0.2, -0.15) is 0 Å². The quantitative estimate of drug-likeness (QED) is 0.830. The van der Waals surface area contributed by atoms with Crippen LogP contribution in [-0.4, -0.2) is 16.0 Å². The fraction of sp³-hybridized carbons (Fsp3) is 0.692. The van der Waals surface area contributed by atoms with Crippen molar-refractivity contribution in [3.63, 3.8) is 0 Å². The molecule has 88 valence electrons. The molecule has 1 N–H and O–H groups in total. The van der Waals surface area contributed by atoms with Crippen LogP contribution in [0.25, 0.3) is 0 Å². The smallest absolute Gasteiger partial charge is 0.222 e. The Morgan fingerprint density at radius 1 is 1.19 bits per heavy atom. The lowest BCUT2D eigenvalue weighted by Gasteiger charge is -2.34. The molecule has 16 heavy (non-hydrogen) atoms. The van der Waals surface area contributed by atoms with Gasteiger partial charge in [0.1, 0.15) is 0 Å². The molecule has 1 aromatic rings. The van der Waals surface area contributed by atoms with Crippen molar-refractivity contribution in [3.05, 3.63) is 18.0 Å². The molecular formula is C13H21N3. The van der Waals surface area contributed by atoms with E-state index in [1.807, 2.05) is 19.3 Å². The molecule has 3 nitrogen and oxygen atoms in total. The molecular weight excluding hydrogens is 198 g/mol. The highest BCUT2D eigenvalue weighted by Crippen LogP contribution is 2.30. The summed E-state index contributed by atoms with van der Waals surface area (Å²) in [5.41, 5.74) is 1.11. The first-order chi connectivity index (χ1) is 7.66. The minimum Gasteiger partial charge on any atom is -0.351 e. The fourth-order valence-corrected chi connectivity index (χ4v) is 2.42. The van der Waals surface area contributed by atoms with Gasteiger partial charge in [0.25, 0.3) is 0 Å². The van der Waals surface area contributed by atoms with Crippen molar-refractivity contribution in [2.45, 2.75) is 46.1 Å². The van der Waals surface area contributed by atoms with Crippen molar-refractivity contribution in [3.8, 4) is 0 Å². The van der Waals surface area contributed by atoms with E-state index in [-0.39, 0.29) is 0 Å². The number of nitrogens with one attached hydrogen (secondary N) is 1. The maximum Gasteiger partial charge on any atom is 0.222 e. The van der Waals surface area contributed by atoms with E-state index in [0.29, 0.717) is 12.0 Å². The van der Waals surface area contributed by atoms with E-state index >= 15 is 0 Å². The van der Waals surface area contributed by atoms with Crippen molar-refractivity contribution in [2.24, 2.45) is 11.8 Å². The lowest BCUT2D eigenvalue weighted by atomic mass is 9.78. The molecule has 3 heteroatoms. The predicted octanol–water partition coefficient (Wildman–Crippen LogP) is 3.02. The Hall–Kier alpha value is -1.12. The molecule has 0 bridgehead atoms. The highest BCUT2D eigenvalue weighted by Gasteiger charge is 2.27. The van der Waals surface area contributed by atoms with Crippen LogP contribution in [0.1, 0.15) is 38.7 Å².